The maximum atomic E-state index is 2.34. The van der Waals surface area contributed by atoms with Crippen LogP contribution < -0.4 is 70.8 Å². The molecule has 206 valence electrons. The summed E-state index contributed by atoms with van der Waals surface area (Å²) >= 11 is 0. The van der Waals surface area contributed by atoms with Crippen molar-refractivity contribution in [2.75, 3.05) is 6.16 Å². The van der Waals surface area contributed by atoms with Gasteiger partial charge in [0.25, 0.3) is 0 Å². The molecule has 1 atom stereocenters. The van der Waals surface area contributed by atoms with E-state index in [1.807, 2.05) is 0 Å². The van der Waals surface area contributed by atoms with E-state index in [9.17, 15) is 0 Å². The first-order valence-electron chi connectivity index (χ1n) is 11.9. The molecule has 0 unspecified atom stereocenters. The topological polar surface area (TPSA) is 0 Å². The minimum absolute atomic E-state index is 0. The summed E-state index contributed by atoms with van der Waals surface area (Å²) in [5.41, 5.74) is 1.92. The van der Waals surface area contributed by atoms with E-state index >= 15 is 0 Å². The van der Waals surface area contributed by atoms with Gasteiger partial charge >= 0.3 is 16.5 Å². The molecule has 0 aliphatic rings. The standard InChI is InChI=1S/C32H28P2.4ClH.Ni/c1-6-16-27(17-7-1)32(34(30-22-12-4-13-23-30)31-24-14-5-15-25-31)26-33(28-18-8-2-9-19-28)29-20-10-3-11-21-29;;;;;/h1-25,32H,26H2;4*1H;/q;;;;;+2/p-2/t32-;;;;;/m0...../s1. The molecule has 0 saturated heterocycles. The molecule has 39 heavy (non-hydrogen) atoms. The van der Waals surface area contributed by atoms with Crippen LogP contribution in [0.1, 0.15) is 11.2 Å². The van der Waals surface area contributed by atoms with Gasteiger partial charge in [-0.2, -0.15) is 0 Å². The quantitative estimate of drug-likeness (QED) is 0.114. The largest absolute Gasteiger partial charge is 2.00 e. The van der Waals surface area contributed by atoms with Gasteiger partial charge in [-0.1, -0.05) is 103 Å². The molecule has 0 bridgehead atoms. The fraction of sp³-hybridized carbons (Fsp3) is 0.0625. The molecular formula is C32H30Cl4NiP2. The minimum Gasteiger partial charge on any atom is -1.00 e. The predicted octanol–water partition coefficient (Wildman–Crippen LogP) is -5.53. The molecule has 0 spiro atoms. The zero-order chi connectivity index (χ0) is 23.0. The summed E-state index contributed by atoms with van der Waals surface area (Å²) in [6.07, 6.45) is 1.17. The van der Waals surface area contributed by atoms with Crippen LogP contribution in [0.3, 0.4) is 0 Å². The molecule has 0 aromatic heterocycles. The molecule has 0 N–H and O–H groups in total. The third-order valence-electron chi connectivity index (χ3n) is 6.37. The molecule has 0 aliphatic heterocycles. The van der Waals surface area contributed by atoms with E-state index in [0.717, 1.165) is 0 Å². The summed E-state index contributed by atoms with van der Waals surface area (Å²) < 4.78 is 0. The molecule has 5 aromatic rings. The van der Waals surface area contributed by atoms with Gasteiger partial charge in [0.05, 0.1) is 37.1 Å². The first-order chi connectivity index (χ1) is 16.9. The summed E-state index contributed by atoms with van der Waals surface area (Å²) in [4.78, 5) is 0. The van der Waals surface area contributed by atoms with Crippen molar-refractivity contribution in [2.45, 2.75) is 5.66 Å². The summed E-state index contributed by atoms with van der Waals surface area (Å²) in [6.45, 7) is 0. The average molecular weight is 677 g/mol. The van der Waals surface area contributed by atoms with Crippen molar-refractivity contribution in [1.82, 2.24) is 0 Å². The van der Waals surface area contributed by atoms with Crippen molar-refractivity contribution in [3.63, 3.8) is 0 Å². The average Bonchev–Trinajstić information content (AvgIpc) is 2.93. The Morgan fingerprint density at radius 1 is 0.385 bits per heavy atom. The number of hydrogen-bond donors (Lipinski definition) is 0. The Morgan fingerprint density at radius 3 is 1.00 bits per heavy atom. The molecule has 0 nitrogen and oxygen atoms in total. The first-order valence-corrected chi connectivity index (χ1v) is 15.2. The van der Waals surface area contributed by atoms with Gasteiger partial charge in [0.1, 0.15) is 11.8 Å². The second kappa shape index (κ2) is 19.6. The SMILES string of the molecule is [Cl-].[Cl-].[Cl-].[Cl-].[Ni+2].c1ccc([C@H](C[PH+](c2ccccc2)c2ccccc2)[PH+](c2ccccc2)c2ccccc2)cc1. The number of hydrogen-bond acceptors (Lipinski definition) is 0. The van der Waals surface area contributed by atoms with Crippen LogP contribution in [0.4, 0.5) is 0 Å². The van der Waals surface area contributed by atoms with Gasteiger partial charge in [0, 0.05) is 0 Å². The van der Waals surface area contributed by atoms with Gasteiger partial charge in [-0.25, -0.2) is 0 Å². The Hall–Kier alpha value is -1.39. The molecule has 0 fully saturated rings. The van der Waals surface area contributed by atoms with Gasteiger partial charge in [-0.3, -0.25) is 0 Å². The van der Waals surface area contributed by atoms with E-state index in [1.54, 1.807) is 0 Å². The van der Waals surface area contributed by atoms with Gasteiger partial charge in [-0.15, -0.1) is 0 Å². The van der Waals surface area contributed by atoms with Crippen LogP contribution in [0.5, 0.6) is 0 Å². The number of rotatable bonds is 8. The normalized spacial score (nSPS) is 10.5. The second-order valence-corrected chi connectivity index (χ2v) is 13.7. The van der Waals surface area contributed by atoms with E-state index in [-0.39, 0.29) is 66.1 Å². The van der Waals surface area contributed by atoms with E-state index in [2.05, 4.69) is 152 Å². The molecule has 7 heteroatoms. The van der Waals surface area contributed by atoms with Crippen LogP contribution in [-0.2, 0) is 16.5 Å². The summed E-state index contributed by atoms with van der Waals surface area (Å²) in [5, 5.41) is 5.94. The van der Waals surface area contributed by atoms with Crippen molar-refractivity contribution < 1.29 is 66.1 Å². The van der Waals surface area contributed by atoms with Gasteiger partial charge < -0.3 is 49.6 Å². The second-order valence-electron chi connectivity index (χ2n) is 8.52. The Balaban J connectivity index is 0.00000289. The van der Waals surface area contributed by atoms with Crippen LogP contribution >= 0.6 is 15.8 Å². The summed E-state index contributed by atoms with van der Waals surface area (Å²) in [6, 6.07) is 56.0. The van der Waals surface area contributed by atoms with E-state index in [1.165, 1.54) is 32.9 Å². The zero-order valence-electron chi connectivity index (χ0n) is 21.0. The zero-order valence-corrected chi connectivity index (χ0v) is 27.1. The minimum atomic E-state index is -1.07. The summed E-state index contributed by atoms with van der Waals surface area (Å²) in [5.74, 6) is 0. The Kier molecular flexibility index (Phi) is 19.0. The first kappa shape index (κ1) is 37.6. The molecule has 0 radical (unpaired) electrons. The number of benzene rings is 5. The Bertz CT molecular complexity index is 1200. The monoisotopic (exact) mass is 674 g/mol. The Labute approximate surface area is 270 Å². The van der Waals surface area contributed by atoms with Gasteiger partial charge in [0.15, 0.2) is 0 Å². The van der Waals surface area contributed by atoms with Crippen LogP contribution in [0, 0.1) is 0 Å². The van der Waals surface area contributed by atoms with E-state index in [4.69, 9.17) is 0 Å². The number of halogens is 4. The fourth-order valence-corrected chi connectivity index (χ4v) is 11.6. The third kappa shape index (κ3) is 9.89. The van der Waals surface area contributed by atoms with E-state index < -0.39 is 15.8 Å². The fourth-order valence-electron chi connectivity index (χ4n) is 4.76. The van der Waals surface area contributed by atoms with Crippen molar-refractivity contribution in [2.24, 2.45) is 0 Å². The van der Waals surface area contributed by atoms with Crippen LogP contribution in [0.25, 0.3) is 0 Å². The Morgan fingerprint density at radius 2 is 0.667 bits per heavy atom. The van der Waals surface area contributed by atoms with Crippen molar-refractivity contribution in [3.8, 4) is 0 Å². The van der Waals surface area contributed by atoms with Crippen LogP contribution in [0.2, 0.25) is 0 Å². The summed E-state index contributed by atoms with van der Waals surface area (Å²) in [7, 11) is -2.05. The van der Waals surface area contributed by atoms with Crippen LogP contribution in [-0.4, -0.2) is 6.16 Å². The molecule has 5 aromatic carbocycles. The molecular weight excluding hydrogens is 647 g/mol. The van der Waals surface area contributed by atoms with Crippen molar-refractivity contribution in [3.05, 3.63) is 157 Å². The maximum absolute atomic E-state index is 2.34. The predicted molar refractivity (Wildman–Crippen MR) is 155 cm³/mol. The van der Waals surface area contributed by atoms with Gasteiger partial charge in [-0.05, 0) is 54.1 Å². The van der Waals surface area contributed by atoms with E-state index in [0.29, 0.717) is 5.66 Å². The smallest absolute Gasteiger partial charge is 1.00 e. The molecule has 0 heterocycles. The third-order valence-corrected chi connectivity index (χ3v) is 12.8. The molecule has 0 saturated carbocycles. The van der Waals surface area contributed by atoms with Crippen molar-refractivity contribution >= 4 is 37.1 Å². The van der Waals surface area contributed by atoms with Crippen LogP contribution in [0.15, 0.2) is 152 Å². The molecule has 0 aliphatic carbocycles. The molecule has 0 amide bonds. The van der Waals surface area contributed by atoms with Crippen molar-refractivity contribution in [1.29, 1.82) is 0 Å². The maximum Gasteiger partial charge on any atom is 2.00 e. The molecule has 5 rings (SSSR count). The van der Waals surface area contributed by atoms with Gasteiger partial charge in [0.2, 0.25) is 0 Å².